The van der Waals surface area contributed by atoms with E-state index in [0.717, 1.165) is 42.9 Å². The van der Waals surface area contributed by atoms with Crippen LogP contribution in [0.5, 0.6) is 5.75 Å². The van der Waals surface area contributed by atoms with Gasteiger partial charge in [-0.15, -0.1) is 11.3 Å². The van der Waals surface area contributed by atoms with E-state index in [0.29, 0.717) is 13.0 Å². The van der Waals surface area contributed by atoms with Gasteiger partial charge in [-0.05, 0) is 36.6 Å². The lowest BCUT2D eigenvalue weighted by molar-refractivity contribution is -0.116. The summed E-state index contributed by atoms with van der Waals surface area (Å²) in [5.41, 5.74) is 3.79. The molecule has 2 aliphatic heterocycles. The number of piperidine rings is 1. The average molecular weight is 359 g/mol. The molecular formula is C18H21N3O3S. The highest BCUT2D eigenvalue weighted by molar-refractivity contribution is 7.09. The summed E-state index contributed by atoms with van der Waals surface area (Å²) in [5, 5.41) is 13.3. The Balaban J connectivity index is 1.36. The zero-order valence-corrected chi connectivity index (χ0v) is 14.7. The minimum absolute atomic E-state index is 0.0601. The van der Waals surface area contributed by atoms with Crippen LogP contribution in [0.25, 0.3) is 0 Å². The molecule has 0 spiro atoms. The third-order valence-corrected chi connectivity index (χ3v) is 5.49. The number of aromatic nitrogens is 1. The van der Waals surface area contributed by atoms with E-state index in [1.807, 2.05) is 29.9 Å². The number of nitrogens with zero attached hydrogens (tertiary/aromatic N) is 2. The summed E-state index contributed by atoms with van der Waals surface area (Å²) >= 11 is 1.64. The Morgan fingerprint density at radius 1 is 1.40 bits per heavy atom. The first kappa shape index (κ1) is 16.5. The molecule has 4 rings (SSSR count). The summed E-state index contributed by atoms with van der Waals surface area (Å²) in [4.78, 5) is 19.0. The number of aliphatic hydroxyl groups excluding tert-OH is 1. The van der Waals surface area contributed by atoms with Crippen molar-refractivity contribution in [3.63, 3.8) is 0 Å². The molecule has 1 aromatic carbocycles. The fourth-order valence-electron chi connectivity index (χ4n) is 3.41. The fraction of sp³-hybridized carbons (Fsp3) is 0.444. The zero-order valence-electron chi connectivity index (χ0n) is 13.9. The van der Waals surface area contributed by atoms with Crippen molar-refractivity contribution in [3.05, 3.63) is 40.3 Å². The van der Waals surface area contributed by atoms with Crippen LogP contribution in [0.2, 0.25) is 0 Å². The molecule has 3 heterocycles. The summed E-state index contributed by atoms with van der Waals surface area (Å²) in [6.45, 7) is 2.32. The van der Waals surface area contributed by atoms with Crippen LogP contribution in [0.3, 0.4) is 0 Å². The van der Waals surface area contributed by atoms with Crippen molar-refractivity contribution < 1.29 is 14.6 Å². The van der Waals surface area contributed by atoms with Gasteiger partial charge in [0.1, 0.15) is 18.0 Å². The predicted molar refractivity (Wildman–Crippen MR) is 95.8 cm³/mol. The molecule has 132 valence electrons. The van der Waals surface area contributed by atoms with E-state index in [2.05, 4.69) is 15.2 Å². The second-order valence-corrected chi connectivity index (χ2v) is 7.55. The smallest absolute Gasteiger partial charge is 0.224 e. The van der Waals surface area contributed by atoms with E-state index in [4.69, 9.17) is 4.74 Å². The number of hydrogen-bond acceptors (Lipinski definition) is 6. The molecule has 0 bridgehead atoms. The lowest BCUT2D eigenvalue weighted by Crippen LogP contribution is -2.48. The number of carbonyl (C=O) groups is 1. The normalized spacial score (nSPS) is 23.8. The molecular weight excluding hydrogens is 338 g/mol. The zero-order chi connectivity index (χ0) is 17.2. The van der Waals surface area contributed by atoms with Gasteiger partial charge in [-0.1, -0.05) is 0 Å². The number of ether oxygens (including phenoxy) is 1. The lowest BCUT2D eigenvalue weighted by atomic mass is 10.0. The Labute approximate surface area is 150 Å². The van der Waals surface area contributed by atoms with E-state index < -0.39 is 6.10 Å². The van der Waals surface area contributed by atoms with Crippen molar-refractivity contribution in [3.8, 4) is 5.75 Å². The number of aliphatic hydroxyl groups is 1. The molecule has 6 nitrogen and oxygen atoms in total. The second-order valence-electron chi connectivity index (χ2n) is 6.58. The number of benzene rings is 1. The molecule has 1 amide bonds. The Bertz CT molecular complexity index is 750. The number of thiazole rings is 1. The van der Waals surface area contributed by atoms with Gasteiger partial charge in [0, 0.05) is 42.8 Å². The predicted octanol–water partition coefficient (Wildman–Crippen LogP) is 2.04. The van der Waals surface area contributed by atoms with Gasteiger partial charge in [0.2, 0.25) is 5.91 Å². The van der Waals surface area contributed by atoms with Gasteiger partial charge in [-0.2, -0.15) is 0 Å². The van der Waals surface area contributed by atoms with E-state index in [1.165, 1.54) is 4.88 Å². The maximum atomic E-state index is 11.4. The lowest BCUT2D eigenvalue weighted by Gasteiger charge is -2.35. The first-order chi connectivity index (χ1) is 12.2. The number of carbonyl (C=O) groups excluding carboxylic acids is 1. The first-order valence-corrected chi connectivity index (χ1v) is 9.42. The van der Waals surface area contributed by atoms with Crippen molar-refractivity contribution in [2.24, 2.45) is 0 Å². The number of hydrogen-bond donors (Lipinski definition) is 2. The van der Waals surface area contributed by atoms with Crippen LogP contribution < -0.4 is 10.1 Å². The summed E-state index contributed by atoms with van der Waals surface area (Å²) in [6, 6.07) is 5.72. The molecule has 25 heavy (non-hydrogen) atoms. The van der Waals surface area contributed by atoms with Crippen LogP contribution in [-0.4, -0.2) is 46.2 Å². The number of aryl methyl sites for hydroxylation is 1. The monoisotopic (exact) mass is 359 g/mol. The van der Waals surface area contributed by atoms with Gasteiger partial charge in [0.25, 0.3) is 0 Å². The molecule has 1 fully saturated rings. The number of β-amino-alcohol motifs (C(OH)–C–C–N with tert-alkyl or cyclic N) is 1. The Hall–Kier alpha value is -1.96. The SMILES string of the molecule is O=C1CCc2cc(O[C@@H]3CCN(Cc4cncs4)C[C@H]3O)ccc2N1. The summed E-state index contributed by atoms with van der Waals surface area (Å²) in [6.07, 6.45) is 3.19. The molecule has 1 aromatic heterocycles. The number of rotatable bonds is 4. The summed E-state index contributed by atoms with van der Waals surface area (Å²) in [5.74, 6) is 0.819. The number of nitrogens with one attached hydrogen (secondary N) is 1. The average Bonchev–Trinajstić information content (AvgIpc) is 3.10. The highest BCUT2D eigenvalue weighted by Crippen LogP contribution is 2.28. The number of amides is 1. The van der Waals surface area contributed by atoms with Crippen LogP contribution >= 0.6 is 11.3 Å². The highest BCUT2D eigenvalue weighted by Gasteiger charge is 2.29. The van der Waals surface area contributed by atoms with E-state index in [9.17, 15) is 9.90 Å². The van der Waals surface area contributed by atoms with E-state index >= 15 is 0 Å². The maximum Gasteiger partial charge on any atom is 0.224 e. The molecule has 0 saturated carbocycles. The van der Waals surface area contributed by atoms with Crippen LogP contribution in [0.4, 0.5) is 5.69 Å². The van der Waals surface area contributed by atoms with Crippen LogP contribution in [0.1, 0.15) is 23.3 Å². The second kappa shape index (κ2) is 7.11. The van der Waals surface area contributed by atoms with Crippen molar-refractivity contribution in [1.82, 2.24) is 9.88 Å². The molecule has 2 atom stereocenters. The van der Waals surface area contributed by atoms with Crippen LogP contribution in [-0.2, 0) is 17.8 Å². The Kier molecular flexibility index (Phi) is 4.70. The van der Waals surface area contributed by atoms with E-state index in [1.54, 1.807) is 11.3 Å². The standard InChI is InChI=1S/C18H21N3O3S/c22-16-10-21(9-14-8-19-11-25-14)6-5-17(16)24-13-2-3-15-12(7-13)1-4-18(23)20-15/h2-3,7-8,11,16-17,22H,1,4-6,9-10H2,(H,20,23)/t16-,17-/m1/s1. The van der Waals surface area contributed by atoms with Gasteiger partial charge in [-0.3, -0.25) is 14.7 Å². The molecule has 2 aromatic rings. The van der Waals surface area contributed by atoms with Crippen molar-refractivity contribution in [1.29, 1.82) is 0 Å². The third-order valence-electron chi connectivity index (χ3n) is 4.73. The van der Waals surface area contributed by atoms with Crippen molar-refractivity contribution in [2.75, 3.05) is 18.4 Å². The van der Waals surface area contributed by atoms with Gasteiger partial charge in [0.05, 0.1) is 5.51 Å². The molecule has 2 N–H and O–H groups in total. The van der Waals surface area contributed by atoms with Crippen molar-refractivity contribution in [2.45, 2.75) is 38.0 Å². The number of anilines is 1. The Morgan fingerprint density at radius 2 is 2.32 bits per heavy atom. The quantitative estimate of drug-likeness (QED) is 0.874. The molecule has 1 saturated heterocycles. The maximum absolute atomic E-state index is 11.4. The van der Waals surface area contributed by atoms with Crippen molar-refractivity contribution >= 4 is 22.9 Å². The van der Waals surface area contributed by atoms with Gasteiger partial charge in [-0.25, -0.2) is 0 Å². The molecule has 0 aliphatic carbocycles. The number of likely N-dealkylation sites (tertiary alicyclic amines) is 1. The van der Waals surface area contributed by atoms with Gasteiger partial charge < -0.3 is 15.2 Å². The minimum atomic E-state index is -0.516. The van der Waals surface area contributed by atoms with Crippen LogP contribution in [0.15, 0.2) is 29.9 Å². The molecule has 7 heteroatoms. The highest BCUT2D eigenvalue weighted by atomic mass is 32.1. The fourth-order valence-corrected chi connectivity index (χ4v) is 4.04. The third kappa shape index (κ3) is 3.84. The molecule has 0 unspecified atom stereocenters. The molecule has 2 aliphatic rings. The van der Waals surface area contributed by atoms with Gasteiger partial charge in [0.15, 0.2) is 0 Å². The van der Waals surface area contributed by atoms with Crippen LogP contribution in [0, 0.1) is 0 Å². The van der Waals surface area contributed by atoms with E-state index in [-0.39, 0.29) is 12.0 Å². The summed E-state index contributed by atoms with van der Waals surface area (Å²) in [7, 11) is 0. The van der Waals surface area contributed by atoms with Gasteiger partial charge >= 0.3 is 0 Å². The minimum Gasteiger partial charge on any atom is -0.488 e. The first-order valence-electron chi connectivity index (χ1n) is 8.54. The Morgan fingerprint density at radius 3 is 3.12 bits per heavy atom. The number of fused-ring (bicyclic) bond motifs is 1. The topological polar surface area (TPSA) is 74.7 Å². The molecule has 0 radical (unpaired) electrons. The summed E-state index contributed by atoms with van der Waals surface area (Å²) < 4.78 is 6.04. The largest absolute Gasteiger partial charge is 0.488 e.